The summed E-state index contributed by atoms with van der Waals surface area (Å²) in [5, 5.41) is 0.378. The summed E-state index contributed by atoms with van der Waals surface area (Å²) in [5.41, 5.74) is 6.26. The number of piperidine rings is 1. The van der Waals surface area contributed by atoms with Crippen LogP contribution in [0.5, 0.6) is 0 Å². The van der Waals surface area contributed by atoms with E-state index in [1.54, 1.807) is 11.8 Å². The lowest BCUT2D eigenvalue weighted by atomic mass is 9.99. The first-order valence-corrected chi connectivity index (χ1v) is 7.81. The largest absolute Gasteiger partial charge is 0.449 e. The van der Waals surface area contributed by atoms with Crippen LogP contribution in [0, 0.1) is 5.92 Å². The van der Waals surface area contributed by atoms with Gasteiger partial charge in [0.25, 0.3) is 5.91 Å². The van der Waals surface area contributed by atoms with E-state index in [1.807, 2.05) is 0 Å². The second-order valence-electron chi connectivity index (χ2n) is 5.79. The summed E-state index contributed by atoms with van der Waals surface area (Å²) < 4.78 is 5.24. The van der Waals surface area contributed by atoms with E-state index in [0.29, 0.717) is 16.6 Å². The number of anilines is 1. The van der Waals surface area contributed by atoms with Crippen LogP contribution in [-0.2, 0) is 9.53 Å². The molecule has 0 aromatic heterocycles. The summed E-state index contributed by atoms with van der Waals surface area (Å²) in [6.07, 6.45) is 1.16. The maximum Gasteiger partial charge on any atom is 0.338 e. The number of carbonyl (C=O) groups excluding carboxylic acids is 2. The summed E-state index contributed by atoms with van der Waals surface area (Å²) in [5.74, 6) is -0.0873. The Morgan fingerprint density at radius 3 is 2.59 bits per heavy atom. The fraction of sp³-hybridized carbons (Fsp3) is 0.500. The molecule has 1 amide bonds. The van der Waals surface area contributed by atoms with Gasteiger partial charge in [-0.25, -0.2) is 4.79 Å². The lowest BCUT2D eigenvalue weighted by Crippen LogP contribution is -2.44. The summed E-state index contributed by atoms with van der Waals surface area (Å²) in [4.78, 5) is 26.1. The molecule has 1 fully saturated rings. The molecule has 0 radical (unpaired) electrons. The standard InChI is InChI=1S/C16H21ClN2O3/c1-10-5-7-19(8-6-10)15(20)11(2)22-16(21)12-3-4-13(17)14(18)9-12/h3-4,9-11H,5-8,18H2,1-2H3/t11-/m1/s1. The molecule has 0 bridgehead atoms. The topological polar surface area (TPSA) is 72.6 Å². The Morgan fingerprint density at radius 1 is 1.36 bits per heavy atom. The number of nitrogens with two attached hydrogens (primary N) is 1. The number of rotatable bonds is 3. The predicted octanol–water partition coefficient (Wildman–Crippen LogP) is 2.73. The molecule has 1 aromatic rings. The Kier molecular flexibility index (Phi) is 5.29. The average molecular weight is 325 g/mol. The normalized spacial score (nSPS) is 17.1. The highest BCUT2D eigenvalue weighted by atomic mass is 35.5. The molecule has 6 heteroatoms. The van der Waals surface area contributed by atoms with Gasteiger partial charge >= 0.3 is 5.97 Å². The molecule has 0 spiro atoms. The minimum Gasteiger partial charge on any atom is -0.449 e. The van der Waals surface area contributed by atoms with Crippen LogP contribution in [0.25, 0.3) is 0 Å². The van der Waals surface area contributed by atoms with E-state index in [4.69, 9.17) is 22.1 Å². The fourth-order valence-electron chi connectivity index (χ4n) is 2.44. The number of likely N-dealkylation sites (tertiary alicyclic amines) is 1. The number of esters is 1. The highest BCUT2D eigenvalue weighted by molar-refractivity contribution is 6.33. The number of benzene rings is 1. The van der Waals surface area contributed by atoms with Crippen LogP contribution in [0.2, 0.25) is 5.02 Å². The zero-order chi connectivity index (χ0) is 16.3. The van der Waals surface area contributed by atoms with Gasteiger partial charge in [-0.2, -0.15) is 0 Å². The lowest BCUT2D eigenvalue weighted by Gasteiger charge is -2.31. The molecule has 1 aliphatic heterocycles. The first kappa shape index (κ1) is 16.6. The van der Waals surface area contributed by atoms with Gasteiger partial charge in [0.05, 0.1) is 16.3 Å². The molecule has 1 aliphatic rings. The Balaban J connectivity index is 1.95. The highest BCUT2D eigenvalue weighted by Crippen LogP contribution is 2.21. The first-order valence-electron chi connectivity index (χ1n) is 7.43. The SMILES string of the molecule is CC1CCN(C(=O)[C@@H](C)OC(=O)c2ccc(Cl)c(N)c2)CC1. The summed E-state index contributed by atoms with van der Waals surface area (Å²) in [6, 6.07) is 4.51. The monoisotopic (exact) mass is 324 g/mol. The molecular formula is C16H21ClN2O3. The number of hydrogen-bond acceptors (Lipinski definition) is 4. The first-order chi connectivity index (χ1) is 10.4. The second-order valence-corrected chi connectivity index (χ2v) is 6.20. The Labute approximate surface area is 135 Å². The van der Waals surface area contributed by atoms with E-state index in [1.165, 1.54) is 18.2 Å². The van der Waals surface area contributed by atoms with E-state index in [0.717, 1.165) is 25.9 Å². The minimum absolute atomic E-state index is 0.151. The number of nitrogen functional groups attached to an aromatic ring is 1. The number of nitrogens with zero attached hydrogens (tertiary/aromatic N) is 1. The van der Waals surface area contributed by atoms with Crippen LogP contribution in [0.4, 0.5) is 5.69 Å². The van der Waals surface area contributed by atoms with Crippen LogP contribution in [0.1, 0.15) is 37.0 Å². The number of halogens is 1. The van der Waals surface area contributed by atoms with Crippen molar-refractivity contribution in [2.75, 3.05) is 18.8 Å². The molecule has 0 unspecified atom stereocenters. The molecular weight excluding hydrogens is 304 g/mol. The molecule has 1 heterocycles. The second kappa shape index (κ2) is 7.01. The third-order valence-corrected chi connectivity index (χ3v) is 4.30. The molecule has 0 aliphatic carbocycles. The van der Waals surface area contributed by atoms with Gasteiger partial charge in [-0.3, -0.25) is 4.79 Å². The molecule has 0 saturated carbocycles. The van der Waals surface area contributed by atoms with E-state index in [9.17, 15) is 9.59 Å². The van der Waals surface area contributed by atoms with Gasteiger partial charge in [0, 0.05) is 13.1 Å². The van der Waals surface area contributed by atoms with Crippen LogP contribution in [0.15, 0.2) is 18.2 Å². The van der Waals surface area contributed by atoms with Crippen LogP contribution in [0.3, 0.4) is 0 Å². The van der Waals surface area contributed by atoms with Gasteiger partial charge in [-0.15, -0.1) is 0 Å². The molecule has 5 nitrogen and oxygen atoms in total. The number of hydrogen-bond donors (Lipinski definition) is 1. The molecule has 1 aromatic carbocycles. The Morgan fingerprint density at radius 2 is 2.00 bits per heavy atom. The molecule has 2 rings (SSSR count). The van der Waals surface area contributed by atoms with E-state index in [-0.39, 0.29) is 11.5 Å². The van der Waals surface area contributed by atoms with Crippen molar-refractivity contribution in [3.8, 4) is 0 Å². The van der Waals surface area contributed by atoms with Crippen molar-refractivity contribution >= 4 is 29.2 Å². The van der Waals surface area contributed by atoms with Gasteiger partial charge < -0.3 is 15.4 Å². The third-order valence-electron chi connectivity index (χ3n) is 3.96. The van der Waals surface area contributed by atoms with Crippen LogP contribution < -0.4 is 5.73 Å². The number of ether oxygens (including phenoxy) is 1. The predicted molar refractivity (Wildman–Crippen MR) is 85.7 cm³/mol. The van der Waals surface area contributed by atoms with Gasteiger partial charge in [-0.05, 0) is 43.9 Å². The summed E-state index contributed by atoms with van der Waals surface area (Å²) in [7, 11) is 0. The van der Waals surface area contributed by atoms with E-state index in [2.05, 4.69) is 6.92 Å². The Hall–Kier alpha value is -1.75. The van der Waals surface area contributed by atoms with E-state index >= 15 is 0 Å². The van der Waals surface area contributed by atoms with Gasteiger partial charge in [0.1, 0.15) is 0 Å². The lowest BCUT2D eigenvalue weighted by molar-refractivity contribution is -0.141. The molecule has 22 heavy (non-hydrogen) atoms. The highest BCUT2D eigenvalue weighted by Gasteiger charge is 2.27. The van der Waals surface area contributed by atoms with Crippen molar-refractivity contribution in [1.29, 1.82) is 0 Å². The molecule has 1 atom stereocenters. The quantitative estimate of drug-likeness (QED) is 0.685. The number of amides is 1. The maximum atomic E-state index is 12.3. The third kappa shape index (κ3) is 3.91. The van der Waals surface area contributed by atoms with Crippen LogP contribution >= 0.6 is 11.6 Å². The fourth-order valence-corrected chi connectivity index (χ4v) is 2.55. The molecule has 120 valence electrons. The summed E-state index contributed by atoms with van der Waals surface area (Å²) in [6.45, 7) is 5.21. The zero-order valence-corrected chi connectivity index (χ0v) is 13.6. The van der Waals surface area contributed by atoms with Gasteiger partial charge in [0.2, 0.25) is 0 Å². The smallest absolute Gasteiger partial charge is 0.338 e. The minimum atomic E-state index is -0.808. The maximum absolute atomic E-state index is 12.3. The van der Waals surface area contributed by atoms with Gasteiger partial charge in [-0.1, -0.05) is 18.5 Å². The average Bonchev–Trinajstić information content (AvgIpc) is 2.50. The zero-order valence-electron chi connectivity index (χ0n) is 12.8. The van der Waals surface area contributed by atoms with Crippen molar-refractivity contribution in [2.45, 2.75) is 32.8 Å². The Bertz CT molecular complexity index is 569. The van der Waals surface area contributed by atoms with Crippen molar-refractivity contribution in [1.82, 2.24) is 4.90 Å². The van der Waals surface area contributed by atoms with Gasteiger partial charge in [0.15, 0.2) is 6.10 Å². The van der Waals surface area contributed by atoms with Crippen molar-refractivity contribution in [3.63, 3.8) is 0 Å². The molecule has 2 N–H and O–H groups in total. The van der Waals surface area contributed by atoms with Crippen molar-refractivity contribution in [2.24, 2.45) is 5.92 Å². The van der Waals surface area contributed by atoms with Crippen molar-refractivity contribution in [3.05, 3.63) is 28.8 Å². The number of carbonyl (C=O) groups is 2. The van der Waals surface area contributed by atoms with Crippen molar-refractivity contribution < 1.29 is 14.3 Å². The molecule has 1 saturated heterocycles. The summed E-state index contributed by atoms with van der Waals surface area (Å²) >= 11 is 5.82. The van der Waals surface area contributed by atoms with Crippen LogP contribution in [-0.4, -0.2) is 36.0 Å². The van der Waals surface area contributed by atoms with E-state index < -0.39 is 12.1 Å².